The lowest BCUT2D eigenvalue weighted by atomic mass is 9.90. The summed E-state index contributed by atoms with van der Waals surface area (Å²) in [6.45, 7) is 6.63. The third-order valence-electron chi connectivity index (χ3n) is 2.31. The van der Waals surface area contributed by atoms with Crippen molar-refractivity contribution in [1.82, 2.24) is 4.98 Å². The van der Waals surface area contributed by atoms with Gasteiger partial charge in [-0.1, -0.05) is 20.8 Å². The summed E-state index contributed by atoms with van der Waals surface area (Å²) in [5.41, 5.74) is 1.81. The number of hydrogen-bond acceptors (Lipinski definition) is 4. The minimum atomic E-state index is 0.159. The summed E-state index contributed by atoms with van der Waals surface area (Å²) >= 11 is 0. The van der Waals surface area contributed by atoms with Crippen molar-refractivity contribution in [2.45, 2.75) is 33.6 Å². The molecule has 0 amide bonds. The fourth-order valence-electron chi connectivity index (χ4n) is 1.65. The van der Waals surface area contributed by atoms with Crippen LogP contribution in [0.25, 0.3) is 0 Å². The Labute approximate surface area is 108 Å². The second kappa shape index (κ2) is 6.50. The summed E-state index contributed by atoms with van der Waals surface area (Å²) in [7, 11) is 1.56. The number of aromatic nitrogens is 1. The Balaban J connectivity index is 2.91. The van der Waals surface area contributed by atoms with Gasteiger partial charge in [-0.2, -0.15) is 0 Å². The molecule has 0 saturated carbocycles. The SMILES string of the molecule is COCOc1ccc(CC(C)(C)C)nc1CC=O. The molecule has 0 fully saturated rings. The zero-order valence-corrected chi connectivity index (χ0v) is 11.5. The number of nitrogens with zero attached hydrogens (tertiary/aromatic N) is 1. The predicted octanol–water partition coefficient (Wildman–Crippen LogP) is 2.39. The predicted molar refractivity (Wildman–Crippen MR) is 69.7 cm³/mol. The zero-order chi connectivity index (χ0) is 13.6. The van der Waals surface area contributed by atoms with E-state index in [9.17, 15) is 4.79 Å². The molecule has 4 heteroatoms. The summed E-state index contributed by atoms with van der Waals surface area (Å²) in [4.78, 5) is 15.2. The molecule has 0 unspecified atom stereocenters. The van der Waals surface area contributed by atoms with Crippen LogP contribution >= 0.6 is 0 Å². The van der Waals surface area contributed by atoms with Gasteiger partial charge in [0.1, 0.15) is 12.0 Å². The fraction of sp³-hybridized carbons (Fsp3) is 0.571. The lowest BCUT2D eigenvalue weighted by Crippen LogP contribution is -2.12. The van der Waals surface area contributed by atoms with Crippen LogP contribution in [0.15, 0.2) is 12.1 Å². The average molecular weight is 251 g/mol. The Hall–Kier alpha value is -1.42. The van der Waals surface area contributed by atoms with Gasteiger partial charge < -0.3 is 14.3 Å². The molecule has 0 aliphatic heterocycles. The van der Waals surface area contributed by atoms with Crippen molar-refractivity contribution in [3.63, 3.8) is 0 Å². The minimum absolute atomic E-state index is 0.159. The van der Waals surface area contributed by atoms with E-state index in [2.05, 4.69) is 25.8 Å². The van der Waals surface area contributed by atoms with Gasteiger partial charge in [0, 0.05) is 19.2 Å². The first kappa shape index (κ1) is 14.6. The van der Waals surface area contributed by atoms with Crippen molar-refractivity contribution in [2.24, 2.45) is 5.41 Å². The number of carbonyl (C=O) groups excluding carboxylic acids is 1. The largest absolute Gasteiger partial charge is 0.466 e. The van der Waals surface area contributed by atoms with Gasteiger partial charge in [-0.25, -0.2) is 0 Å². The van der Waals surface area contributed by atoms with E-state index in [1.54, 1.807) is 7.11 Å². The van der Waals surface area contributed by atoms with Crippen LogP contribution in [0.2, 0.25) is 0 Å². The third kappa shape index (κ3) is 4.84. The van der Waals surface area contributed by atoms with Gasteiger partial charge in [0.15, 0.2) is 6.79 Å². The molecule has 1 aromatic heterocycles. The molecule has 0 bridgehead atoms. The number of ether oxygens (including phenoxy) is 2. The summed E-state index contributed by atoms with van der Waals surface area (Å²) < 4.78 is 10.2. The molecule has 1 rings (SSSR count). The number of aldehydes is 1. The molecule has 0 N–H and O–H groups in total. The molecular weight excluding hydrogens is 230 g/mol. The van der Waals surface area contributed by atoms with Crippen LogP contribution in [-0.2, 0) is 22.4 Å². The van der Waals surface area contributed by atoms with Crippen molar-refractivity contribution in [3.8, 4) is 5.75 Å². The van der Waals surface area contributed by atoms with Crippen LogP contribution in [0.4, 0.5) is 0 Å². The fourth-order valence-corrected chi connectivity index (χ4v) is 1.65. The maximum atomic E-state index is 10.7. The molecule has 0 radical (unpaired) electrons. The van der Waals surface area contributed by atoms with Crippen molar-refractivity contribution in [2.75, 3.05) is 13.9 Å². The molecule has 18 heavy (non-hydrogen) atoms. The highest BCUT2D eigenvalue weighted by Gasteiger charge is 2.14. The summed E-state index contributed by atoms with van der Waals surface area (Å²) in [6, 6.07) is 3.79. The third-order valence-corrected chi connectivity index (χ3v) is 2.31. The molecule has 0 aliphatic carbocycles. The van der Waals surface area contributed by atoms with Gasteiger partial charge in [0.05, 0.1) is 5.69 Å². The van der Waals surface area contributed by atoms with Crippen LogP contribution < -0.4 is 4.74 Å². The van der Waals surface area contributed by atoms with E-state index in [1.165, 1.54) is 0 Å². The Morgan fingerprint density at radius 1 is 1.33 bits per heavy atom. The van der Waals surface area contributed by atoms with E-state index >= 15 is 0 Å². The maximum Gasteiger partial charge on any atom is 0.188 e. The van der Waals surface area contributed by atoms with Gasteiger partial charge in [-0.15, -0.1) is 0 Å². The minimum Gasteiger partial charge on any atom is -0.466 e. The van der Waals surface area contributed by atoms with E-state index in [1.807, 2.05) is 12.1 Å². The van der Waals surface area contributed by atoms with Crippen LogP contribution in [0.3, 0.4) is 0 Å². The quantitative estimate of drug-likeness (QED) is 0.575. The lowest BCUT2D eigenvalue weighted by molar-refractivity contribution is -0.107. The van der Waals surface area contributed by atoms with E-state index in [0.29, 0.717) is 11.4 Å². The monoisotopic (exact) mass is 251 g/mol. The van der Waals surface area contributed by atoms with Gasteiger partial charge >= 0.3 is 0 Å². The van der Waals surface area contributed by atoms with Crippen LogP contribution in [0.5, 0.6) is 5.75 Å². The van der Waals surface area contributed by atoms with Crippen molar-refractivity contribution >= 4 is 6.29 Å². The van der Waals surface area contributed by atoms with Gasteiger partial charge in [-0.05, 0) is 24.0 Å². The molecule has 0 spiro atoms. The van der Waals surface area contributed by atoms with Crippen LogP contribution in [-0.4, -0.2) is 25.2 Å². The Morgan fingerprint density at radius 3 is 2.61 bits per heavy atom. The molecule has 4 nitrogen and oxygen atoms in total. The van der Waals surface area contributed by atoms with Gasteiger partial charge in [0.25, 0.3) is 0 Å². The maximum absolute atomic E-state index is 10.7. The first-order valence-corrected chi connectivity index (χ1v) is 6.00. The Bertz CT molecular complexity index is 397. The number of methoxy groups -OCH3 is 1. The van der Waals surface area contributed by atoms with E-state index < -0.39 is 0 Å². The number of pyridine rings is 1. The van der Waals surface area contributed by atoms with Crippen LogP contribution in [0, 0.1) is 5.41 Å². The normalized spacial score (nSPS) is 11.3. The highest BCUT2D eigenvalue weighted by Crippen LogP contribution is 2.23. The molecule has 0 aliphatic rings. The molecule has 0 aromatic carbocycles. The van der Waals surface area contributed by atoms with Gasteiger partial charge in [0.2, 0.25) is 0 Å². The lowest BCUT2D eigenvalue weighted by Gasteiger charge is -2.18. The second-order valence-corrected chi connectivity index (χ2v) is 5.41. The molecule has 0 saturated heterocycles. The smallest absolute Gasteiger partial charge is 0.188 e. The number of hydrogen-bond donors (Lipinski definition) is 0. The standard InChI is InChI=1S/C14H21NO3/c1-14(2,3)9-11-5-6-13(18-10-17-4)12(15-11)7-8-16/h5-6,8H,7,9-10H2,1-4H3. The first-order chi connectivity index (χ1) is 8.46. The van der Waals surface area contributed by atoms with Crippen LogP contribution in [0.1, 0.15) is 32.2 Å². The Morgan fingerprint density at radius 2 is 2.06 bits per heavy atom. The summed E-state index contributed by atoms with van der Waals surface area (Å²) in [6.07, 6.45) is 1.96. The molecule has 0 atom stereocenters. The molecule has 1 aromatic rings. The topological polar surface area (TPSA) is 48.4 Å². The van der Waals surface area contributed by atoms with Crippen molar-refractivity contribution in [3.05, 3.63) is 23.5 Å². The van der Waals surface area contributed by atoms with E-state index in [-0.39, 0.29) is 18.6 Å². The average Bonchev–Trinajstić information content (AvgIpc) is 2.26. The summed E-state index contributed by atoms with van der Waals surface area (Å²) in [5.74, 6) is 0.613. The summed E-state index contributed by atoms with van der Waals surface area (Å²) in [5, 5.41) is 0. The number of carbonyl (C=O) groups is 1. The first-order valence-electron chi connectivity index (χ1n) is 6.00. The van der Waals surface area contributed by atoms with E-state index in [4.69, 9.17) is 9.47 Å². The van der Waals surface area contributed by atoms with Crippen molar-refractivity contribution in [1.29, 1.82) is 0 Å². The number of rotatable bonds is 6. The molecule has 1 heterocycles. The zero-order valence-electron chi connectivity index (χ0n) is 11.5. The Kier molecular flexibility index (Phi) is 5.28. The highest BCUT2D eigenvalue weighted by molar-refractivity contribution is 5.56. The molecule has 100 valence electrons. The second-order valence-electron chi connectivity index (χ2n) is 5.41. The van der Waals surface area contributed by atoms with Crippen molar-refractivity contribution < 1.29 is 14.3 Å². The molecular formula is C14H21NO3. The highest BCUT2D eigenvalue weighted by atomic mass is 16.7. The van der Waals surface area contributed by atoms with Gasteiger partial charge in [-0.3, -0.25) is 4.98 Å². The van der Waals surface area contributed by atoms with E-state index in [0.717, 1.165) is 18.4 Å².